The zero-order valence-corrected chi connectivity index (χ0v) is 17.5. The molecule has 2 aromatic carbocycles. The largest absolute Gasteiger partial charge is 0.491 e. The molecule has 3 aromatic rings. The van der Waals surface area contributed by atoms with Crippen molar-refractivity contribution in [3.05, 3.63) is 59.9 Å². The Labute approximate surface area is 170 Å². The Morgan fingerprint density at radius 1 is 1.15 bits per heavy atom. The van der Waals surface area contributed by atoms with Crippen LogP contribution in [0.5, 0.6) is 5.75 Å². The third-order valence-corrected chi connectivity index (χ3v) is 3.83. The number of para-hydroxylation sites is 1. The minimum Gasteiger partial charge on any atom is -0.491 e. The average Bonchev–Trinajstić information content (AvgIpc) is 2.91. The standard InChI is InChI=1S/C20H23N3O2.HI/c1-13(2)24-16-10-8-15(9-11-16)23-20(21)22-12-19-14(3)17-6-4-5-7-18(17)25-19;/h4-11,13H,12H2,1-3H3,(H3,21,22,23);1H. The van der Waals surface area contributed by atoms with Crippen LogP contribution in [0.3, 0.4) is 0 Å². The van der Waals surface area contributed by atoms with E-state index in [1.165, 1.54) is 0 Å². The molecule has 0 aliphatic heterocycles. The number of ether oxygens (including phenoxy) is 1. The van der Waals surface area contributed by atoms with Crippen molar-refractivity contribution in [1.82, 2.24) is 0 Å². The zero-order chi connectivity index (χ0) is 17.8. The molecule has 0 fully saturated rings. The van der Waals surface area contributed by atoms with Crippen LogP contribution in [0, 0.1) is 6.92 Å². The molecule has 0 bridgehead atoms. The normalized spacial score (nSPS) is 11.5. The van der Waals surface area contributed by atoms with Crippen molar-refractivity contribution in [1.29, 1.82) is 0 Å². The molecule has 1 aromatic heterocycles. The number of nitrogens with one attached hydrogen (secondary N) is 1. The van der Waals surface area contributed by atoms with Crippen molar-refractivity contribution in [2.24, 2.45) is 10.7 Å². The molecule has 0 unspecified atom stereocenters. The summed E-state index contributed by atoms with van der Waals surface area (Å²) in [5.41, 5.74) is 8.81. The van der Waals surface area contributed by atoms with E-state index in [0.29, 0.717) is 12.5 Å². The van der Waals surface area contributed by atoms with Crippen molar-refractivity contribution < 1.29 is 9.15 Å². The Bertz CT molecular complexity index is 886. The highest BCUT2D eigenvalue weighted by Crippen LogP contribution is 2.25. The van der Waals surface area contributed by atoms with Crippen LogP contribution in [0.1, 0.15) is 25.2 Å². The van der Waals surface area contributed by atoms with Gasteiger partial charge in [-0.3, -0.25) is 0 Å². The maximum atomic E-state index is 5.98. The maximum Gasteiger partial charge on any atom is 0.193 e. The van der Waals surface area contributed by atoms with Crippen molar-refractivity contribution in [3.63, 3.8) is 0 Å². The lowest BCUT2D eigenvalue weighted by Crippen LogP contribution is -2.22. The third-order valence-electron chi connectivity index (χ3n) is 3.83. The molecular weight excluding hydrogens is 441 g/mol. The number of halogens is 1. The van der Waals surface area contributed by atoms with E-state index in [1.807, 2.05) is 69.3 Å². The van der Waals surface area contributed by atoms with Crippen LogP contribution in [0.2, 0.25) is 0 Å². The van der Waals surface area contributed by atoms with E-state index in [9.17, 15) is 0 Å². The summed E-state index contributed by atoms with van der Waals surface area (Å²) in [6.07, 6.45) is 0.150. The summed E-state index contributed by atoms with van der Waals surface area (Å²) in [6.45, 7) is 6.43. The van der Waals surface area contributed by atoms with Gasteiger partial charge in [-0.15, -0.1) is 24.0 Å². The third kappa shape index (κ3) is 4.91. The molecule has 6 heteroatoms. The molecule has 3 rings (SSSR count). The summed E-state index contributed by atoms with van der Waals surface area (Å²) in [6, 6.07) is 15.6. The fraction of sp³-hybridized carbons (Fsp3) is 0.250. The molecular formula is C20H24IN3O2. The van der Waals surface area contributed by atoms with E-state index >= 15 is 0 Å². The quantitative estimate of drug-likeness (QED) is 0.314. The first-order valence-electron chi connectivity index (χ1n) is 8.33. The molecule has 0 aliphatic carbocycles. The number of nitrogens with two attached hydrogens (primary N) is 1. The predicted molar refractivity (Wildman–Crippen MR) is 118 cm³/mol. The summed E-state index contributed by atoms with van der Waals surface area (Å²) < 4.78 is 11.5. The first-order chi connectivity index (χ1) is 12.0. The van der Waals surface area contributed by atoms with Gasteiger partial charge in [-0.05, 0) is 51.1 Å². The molecule has 0 aliphatic rings. The lowest BCUT2D eigenvalue weighted by molar-refractivity contribution is 0.242. The molecule has 5 nitrogen and oxygen atoms in total. The lowest BCUT2D eigenvalue weighted by atomic mass is 10.1. The number of benzene rings is 2. The Morgan fingerprint density at radius 3 is 2.50 bits per heavy atom. The maximum absolute atomic E-state index is 5.98. The summed E-state index contributed by atoms with van der Waals surface area (Å²) >= 11 is 0. The number of rotatable bonds is 5. The molecule has 0 atom stereocenters. The average molecular weight is 465 g/mol. The van der Waals surface area contributed by atoms with Gasteiger partial charge in [0.25, 0.3) is 0 Å². The molecule has 0 saturated heterocycles. The Hall–Kier alpha value is -2.22. The van der Waals surface area contributed by atoms with E-state index < -0.39 is 0 Å². The van der Waals surface area contributed by atoms with Gasteiger partial charge in [-0.2, -0.15) is 0 Å². The van der Waals surface area contributed by atoms with E-state index in [2.05, 4.69) is 10.3 Å². The smallest absolute Gasteiger partial charge is 0.193 e. The highest BCUT2D eigenvalue weighted by atomic mass is 127. The van der Waals surface area contributed by atoms with Crippen LogP contribution in [0.4, 0.5) is 5.69 Å². The van der Waals surface area contributed by atoms with Crippen LogP contribution in [-0.4, -0.2) is 12.1 Å². The van der Waals surface area contributed by atoms with Gasteiger partial charge in [0, 0.05) is 16.6 Å². The molecule has 1 heterocycles. The Morgan fingerprint density at radius 2 is 1.85 bits per heavy atom. The van der Waals surface area contributed by atoms with Crippen LogP contribution in [0.25, 0.3) is 11.0 Å². The van der Waals surface area contributed by atoms with E-state index in [0.717, 1.165) is 33.7 Å². The number of hydrogen-bond acceptors (Lipinski definition) is 3. The van der Waals surface area contributed by atoms with Crippen molar-refractivity contribution in [3.8, 4) is 5.75 Å². The minimum atomic E-state index is 0. The van der Waals surface area contributed by atoms with E-state index in [4.69, 9.17) is 14.9 Å². The molecule has 0 amide bonds. The van der Waals surface area contributed by atoms with Crippen molar-refractivity contribution >= 4 is 46.6 Å². The van der Waals surface area contributed by atoms with Gasteiger partial charge >= 0.3 is 0 Å². The number of guanidine groups is 1. The van der Waals surface area contributed by atoms with Gasteiger partial charge in [0.15, 0.2) is 5.96 Å². The fourth-order valence-electron chi connectivity index (χ4n) is 2.61. The summed E-state index contributed by atoms with van der Waals surface area (Å²) in [7, 11) is 0. The number of aryl methyl sites for hydroxylation is 1. The number of furan rings is 1. The van der Waals surface area contributed by atoms with Gasteiger partial charge in [-0.1, -0.05) is 18.2 Å². The predicted octanol–water partition coefficient (Wildman–Crippen LogP) is 5.07. The minimum absolute atomic E-state index is 0. The number of hydrogen-bond donors (Lipinski definition) is 2. The lowest BCUT2D eigenvalue weighted by Gasteiger charge is -2.10. The van der Waals surface area contributed by atoms with Gasteiger partial charge < -0.3 is 20.2 Å². The van der Waals surface area contributed by atoms with Gasteiger partial charge in [0.2, 0.25) is 0 Å². The number of nitrogens with zero attached hydrogens (tertiary/aromatic N) is 1. The molecule has 0 spiro atoms. The van der Waals surface area contributed by atoms with Crippen molar-refractivity contribution in [2.75, 3.05) is 5.32 Å². The molecule has 0 radical (unpaired) electrons. The van der Waals surface area contributed by atoms with E-state index in [-0.39, 0.29) is 30.1 Å². The summed E-state index contributed by atoms with van der Waals surface area (Å²) in [4.78, 5) is 4.37. The second-order valence-electron chi connectivity index (χ2n) is 6.16. The van der Waals surface area contributed by atoms with Crippen LogP contribution >= 0.6 is 24.0 Å². The highest BCUT2D eigenvalue weighted by Gasteiger charge is 2.09. The second kappa shape index (κ2) is 8.93. The van der Waals surface area contributed by atoms with Crippen LogP contribution in [-0.2, 0) is 6.54 Å². The molecule has 0 saturated carbocycles. The SMILES string of the molecule is Cc1c(CN=C(N)Nc2ccc(OC(C)C)cc2)oc2ccccc12.I. The molecule has 138 valence electrons. The molecule has 3 N–H and O–H groups in total. The van der Waals surface area contributed by atoms with Crippen LogP contribution in [0.15, 0.2) is 57.9 Å². The Kier molecular flexibility index (Phi) is 6.90. The summed E-state index contributed by atoms with van der Waals surface area (Å²) in [5, 5.41) is 4.19. The van der Waals surface area contributed by atoms with Crippen molar-refractivity contribution in [2.45, 2.75) is 33.4 Å². The van der Waals surface area contributed by atoms with Crippen LogP contribution < -0.4 is 15.8 Å². The zero-order valence-electron chi connectivity index (χ0n) is 15.2. The van der Waals surface area contributed by atoms with Gasteiger partial charge in [0.05, 0.1) is 6.10 Å². The first-order valence-corrected chi connectivity index (χ1v) is 8.33. The number of fused-ring (bicyclic) bond motifs is 1. The summed E-state index contributed by atoms with van der Waals surface area (Å²) in [5.74, 6) is 2.00. The topological polar surface area (TPSA) is 72.8 Å². The van der Waals surface area contributed by atoms with E-state index in [1.54, 1.807) is 0 Å². The monoisotopic (exact) mass is 465 g/mol. The second-order valence-corrected chi connectivity index (χ2v) is 6.16. The van der Waals surface area contributed by atoms with Gasteiger partial charge in [-0.25, -0.2) is 4.99 Å². The Balaban J connectivity index is 0.00000243. The number of aliphatic imine (C=N–C) groups is 1. The fourth-order valence-corrected chi connectivity index (χ4v) is 2.61. The first kappa shape index (κ1) is 20.1. The highest BCUT2D eigenvalue weighted by molar-refractivity contribution is 14.0. The number of anilines is 1. The molecule has 26 heavy (non-hydrogen) atoms. The van der Waals surface area contributed by atoms with Gasteiger partial charge in [0.1, 0.15) is 23.6 Å².